The predicted molar refractivity (Wildman–Crippen MR) is 96.3 cm³/mol. The van der Waals surface area contributed by atoms with Crippen molar-refractivity contribution in [2.24, 2.45) is 0 Å². The molecule has 2 amide bonds. The number of rotatable bonds is 5. The molecule has 0 bridgehead atoms. The van der Waals surface area contributed by atoms with Gasteiger partial charge in [0.15, 0.2) is 0 Å². The van der Waals surface area contributed by atoms with Gasteiger partial charge < -0.3 is 15.4 Å². The summed E-state index contributed by atoms with van der Waals surface area (Å²) < 4.78 is 5.16. The maximum absolute atomic E-state index is 11.9. The zero-order valence-corrected chi connectivity index (χ0v) is 13.8. The van der Waals surface area contributed by atoms with Crippen LogP contribution in [-0.2, 0) is 6.54 Å². The second-order valence-corrected chi connectivity index (χ2v) is 5.30. The van der Waals surface area contributed by atoms with Gasteiger partial charge in [0.25, 0.3) is 0 Å². The summed E-state index contributed by atoms with van der Waals surface area (Å²) in [6, 6.07) is 18.5. The Hall–Kier alpha value is -3.41. The van der Waals surface area contributed by atoms with Crippen molar-refractivity contribution in [3.05, 3.63) is 72.7 Å². The van der Waals surface area contributed by atoms with Crippen LogP contribution in [-0.4, -0.2) is 23.1 Å². The van der Waals surface area contributed by atoms with Crippen LogP contribution < -0.4 is 15.4 Å². The van der Waals surface area contributed by atoms with Crippen LogP contribution in [0.5, 0.6) is 5.75 Å². The van der Waals surface area contributed by atoms with Gasteiger partial charge in [-0.3, -0.25) is 0 Å². The average molecular weight is 334 g/mol. The highest BCUT2D eigenvalue weighted by Gasteiger charge is 2.05. The van der Waals surface area contributed by atoms with E-state index in [4.69, 9.17) is 4.74 Å². The van der Waals surface area contributed by atoms with Crippen LogP contribution in [0.4, 0.5) is 10.5 Å². The van der Waals surface area contributed by atoms with E-state index >= 15 is 0 Å². The molecule has 1 heterocycles. The number of aromatic nitrogens is 2. The molecule has 0 aliphatic heterocycles. The SMILES string of the molecule is COc1ccc(-c2cc(CNC(=O)Nc3ccccc3)ncn2)cc1. The minimum atomic E-state index is -0.282. The Morgan fingerprint density at radius 3 is 2.52 bits per heavy atom. The largest absolute Gasteiger partial charge is 0.497 e. The lowest BCUT2D eigenvalue weighted by Crippen LogP contribution is -2.28. The summed E-state index contributed by atoms with van der Waals surface area (Å²) in [7, 11) is 1.63. The lowest BCUT2D eigenvalue weighted by Gasteiger charge is -2.08. The lowest BCUT2D eigenvalue weighted by atomic mass is 10.1. The maximum Gasteiger partial charge on any atom is 0.319 e. The number of carbonyl (C=O) groups is 1. The molecule has 25 heavy (non-hydrogen) atoms. The minimum absolute atomic E-state index is 0.282. The van der Waals surface area contributed by atoms with Gasteiger partial charge in [-0.2, -0.15) is 0 Å². The van der Waals surface area contributed by atoms with E-state index in [1.807, 2.05) is 60.7 Å². The smallest absolute Gasteiger partial charge is 0.319 e. The number of hydrogen-bond donors (Lipinski definition) is 2. The molecule has 3 aromatic rings. The first-order valence-corrected chi connectivity index (χ1v) is 7.80. The summed E-state index contributed by atoms with van der Waals surface area (Å²) in [5, 5.41) is 5.55. The van der Waals surface area contributed by atoms with Crippen molar-refractivity contribution in [3.63, 3.8) is 0 Å². The van der Waals surface area contributed by atoms with Gasteiger partial charge >= 0.3 is 6.03 Å². The highest BCUT2D eigenvalue weighted by atomic mass is 16.5. The van der Waals surface area contributed by atoms with Crippen LogP contribution in [0.15, 0.2) is 67.0 Å². The van der Waals surface area contributed by atoms with Gasteiger partial charge in [0.05, 0.1) is 25.0 Å². The van der Waals surface area contributed by atoms with Gasteiger partial charge in [-0.05, 0) is 42.5 Å². The molecule has 3 rings (SSSR count). The van der Waals surface area contributed by atoms with Crippen LogP contribution in [0.25, 0.3) is 11.3 Å². The zero-order valence-electron chi connectivity index (χ0n) is 13.8. The molecule has 0 unspecified atom stereocenters. The Morgan fingerprint density at radius 2 is 1.80 bits per heavy atom. The van der Waals surface area contributed by atoms with Crippen molar-refractivity contribution in [2.45, 2.75) is 6.54 Å². The average Bonchev–Trinajstić information content (AvgIpc) is 2.67. The molecule has 0 aliphatic rings. The Balaban J connectivity index is 1.62. The highest BCUT2D eigenvalue weighted by Crippen LogP contribution is 2.20. The van der Waals surface area contributed by atoms with Crippen molar-refractivity contribution in [1.82, 2.24) is 15.3 Å². The van der Waals surface area contributed by atoms with Gasteiger partial charge in [0, 0.05) is 11.3 Å². The van der Waals surface area contributed by atoms with E-state index in [9.17, 15) is 4.79 Å². The van der Waals surface area contributed by atoms with Gasteiger partial charge in [-0.25, -0.2) is 14.8 Å². The second-order valence-electron chi connectivity index (χ2n) is 5.30. The number of para-hydroxylation sites is 1. The third-order valence-electron chi connectivity index (χ3n) is 3.57. The first-order valence-electron chi connectivity index (χ1n) is 7.80. The molecule has 1 aromatic heterocycles. The van der Waals surface area contributed by atoms with E-state index in [-0.39, 0.29) is 6.03 Å². The molecule has 126 valence electrons. The number of urea groups is 1. The number of hydrogen-bond acceptors (Lipinski definition) is 4. The number of methoxy groups -OCH3 is 1. The van der Waals surface area contributed by atoms with Crippen molar-refractivity contribution in [3.8, 4) is 17.0 Å². The lowest BCUT2D eigenvalue weighted by molar-refractivity contribution is 0.251. The van der Waals surface area contributed by atoms with Crippen LogP contribution in [0.1, 0.15) is 5.69 Å². The molecule has 2 aromatic carbocycles. The molecule has 6 nitrogen and oxygen atoms in total. The van der Waals surface area contributed by atoms with Crippen LogP contribution in [0.2, 0.25) is 0 Å². The number of amides is 2. The molecule has 0 radical (unpaired) electrons. The quantitative estimate of drug-likeness (QED) is 0.749. The summed E-state index contributed by atoms with van der Waals surface area (Å²) >= 11 is 0. The number of carbonyl (C=O) groups excluding carboxylic acids is 1. The normalized spacial score (nSPS) is 10.1. The molecule has 2 N–H and O–H groups in total. The third-order valence-corrected chi connectivity index (χ3v) is 3.57. The van der Waals surface area contributed by atoms with Gasteiger partial charge in [0.1, 0.15) is 12.1 Å². The predicted octanol–water partition coefficient (Wildman–Crippen LogP) is 3.47. The monoisotopic (exact) mass is 334 g/mol. The number of ether oxygens (including phenoxy) is 1. The summed E-state index contributed by atoms with van der Waals surface area (Å²) in [6.45, 7) is 0.310. The van der Waals surface area contributed by atoms with Crippen LogP contribution >= 0.6 is 0 Å². The first kappa shape index (κ1) is 16.4. The molecule has 0 atom stereocenters. The maximum atomic E-state index is 11.9. The molecular weight excluding hydrogens is 316 g/mol. The number of nitrogens with zero attached hydrogens (tertiary/aromatic N) is 2. The van der Waals surface area contributed by atoms with E-state index in [1.54, 1.807) is 7.11 Å². The highest BCUT2D eigenvalue weighted by molar-refractivity contribution is 5.89. The van der Waals surface area contributed by atoms with Crippen LogP contribution in [0.3, 0.4) is 0 Å². The van der Waals surface area contributed by atoms with Gasteiger partial charge in [0.2, 0.25) is 0 Å². The molecule has 0 saturated carbocycles. The summed E-state index contributed by atoms with van der Waals surface area (Å²) in [5.74, 6) is 0.789. The molecular formula is C19H18N4O2. The fourth-order valence-electron chi connectivity index (χ4n) is 2.28. The Bertz CT molecular complexity index is 836. The van der Waals surface area contributed by atoms with Crippen molar-refractivity contribution >= 4 is 11.7 Å². The summed E-state index contributed by atoms with van der Waals surface area (Å²) in [5.41, 5.74) is 3.21. The van der Waals surface area contributed by atoms with E-state index in [0.29, 0.717) is 6.54 Å². The van der Waals surface area contributed by atoms with Gasteiger partial charge in [-0.15, -0.1) is 0 Å². The van der Waals surface area contributed by atoms with Gasteiger partial charge in [-0.1, -0.05) is 18.2 Å². The zero-order chi connectivity index (χ0) is 17.5. The van der Waals surface area contributed by atoms with Crippen molar-refractivity contribution in [1.29, 1.82) is 0 Å². The Labute approximate surface area is 145 Å². The number of benzene rings is 2. The van der Waals surface area contributed by atoms with E-state index in [0.717, 1.165) is 28.4 Å². The third kappa shape index (κ3) is 4.54. The molecule has 6 heteroatoms. The molecule has 0 aliphatic carbocycles. The molecule has 0 spiro atoms. The van der Waals surface area contributed by atoms with E-state index in [2.05, 4.69) is 20.6 Å². The van der Waals surface area contributed by atoms with E-state index in [1.165, 1.54) is 6.33 Å². The second kappa shape index (κ2) is 7.92. The standard InChI is InChI=1S/C19H18N4O2/c1-25-17-9-7-14(8-10-17)18-11-16(21-13-22-18)12-20-19(24)23-15-5-3-2-4-6-15/h2-11,13H,12H2,1H3,(H2,20,23,24). The van der Waals surface area contributed by atoms with Crippen molar-refractivity contribution in [2.75, 3.05) is 12.4 Å². The molecule has 0 fully saturated rings. The molecule has 0 saturated heterocycles. The number of nitrogens with one attached hydrogen (secondary N) is 2. The Morgan fingerprint density at radius 1 is 1.04 bits per heavy atom. The fraction of sp³-hybridized carbons (Fsp3) is 0.105. The first-order chi connectivity index (χ1) is 12.2. The van der Waals surface area contributed by atoms with Crippen LogP contribution in [0, 0.1) is 0 Å². The number of anilines is 1. The van der Waals surface area contributed by atoms with Crippen molar-refractivity contribution < 1.29 is 9.53 Å². The minimum Gasteiger partial charge on any atom is -0.497 e. The summed E-state index contributed by atoms with van der Waals surface area (Å²) in [6.07, 6.45) is 1.49. The summed E-state index contributed by atoms with van der Waals surface area (Å²) in [4.78, 5) is 20.4. The fourth-order valence-corrected chi connectivity index (χ4v) is 2.28. The topological polar surface area (TPSA) is 76.1 Å². The van der Waals surface area contributed by atoms with E-state index < -0.39 is 0 Å². The Kier molecular flexibility index (Phi) is 5.21.